The van der Waals surface area contributed by atoms with Gasteiger partial charge in [-0.1, -0.05) is 182 Å². The van der Waals surface area contributed by atoms with Crippen molar-refractivity contribution in [2.75, 3.05) is 9.80 Å². The fourth-order valence-corrected chi connectivity index (χ4v) is 12.9. The van der Waals surface area contributed by atoms with Gasteiger partial charge in [0.25, 0.3) is 23.6 Å². The molecule has 0 radical (unpaired) electrons. The quantitative estimate of drug-likeness (QED) is 0.0992. The molecule has 9 nitrogen and oxygen atoms in total. The fourth-order valence-electron chi connectivity index (χ4n) is 12.9. The fraction of sp³-hybridized carbons (Fsp3) is 0.0494. The third-order valence-corrected chi connectivity index (χ3v) is 17.3. The van der Waals surface area contributed by atoms with Gasteiger partial charge in [0.1, 0.15) is 17.2 Å². The van der Waals surface area contributed by atoms with Gasteiger partial charge in [0.15, 0.2) is 11.5 Å². The summed E-state index contributed by atoms with van der Waals surface area (Å²) in [4.78, 5) is 66.6. The molecule has 9 aromatic carbocycles. The number of carbonyl (C=O) groups excluding carboxylic acids is 4. The molecular formula is C81H49N3O6. The number of pyridine rings is 1. The molecule has 6 aliphatic rings. The average Bonchev–Trinajstić information content (AvgIpc) is 0.847. The SMILES string of the molecule is O=C1c2cccc3c(Oc4ccccc4)c(C#Cc4ccc(C#Cc5cc6c7c(nccc7c5Oc5ccccc5)C(=O)N(c5cccc(C7=CC(C8=CCC=C8)=CC7)c5)C6=O)c5ccccc45)cc(c23)C(=O)N1c1cccc(C2=CC=C(C3=CCC=C3)C2)c1. The highest BCUT2D eigenvalue weighted by molar-refractivity contribution is 6.37. The van der Waals surface area contributed by atoms with Gasteiger partial charge in [-0.15, -0.1) is 0 Å². The van der Waals surface area contributed by atoms with Crippen molar-refractivity contribution in [3.05, 3.63) is 327 Å². The Morgan fingerprint density at radius 2 is 0.933 bits per heavy atom. The summed E-state index contributed by atoms with van der Waals surface area (Å²) in [5, 5.41) is 3.63. The second-order valence-corrected chi connectivity index (χ2v) is 22.6. The predicted octanol–water partition coefficient (Wildman–Crippen LogP) is 17.7. The first-order valence-corrected chi connectivity index (χ1v) is 29.9. The molecule has 0 N–H and O–H groups in total. The molecule has 90 heavy (non-hydrogen) atoms. The van der Waals surface area contributed by atoms with Crippen LogP contribution in [0.3, 0.4) is 0 Å². The highest BCUT2D eigenvalue weighted by atomic mass is 16.5. The number of hydrogen-bond donors (Lipinski definition) is 0. The van der Waals surface area contributed by atoms with Crippen LogP contribution in [0.15, 0.2) is 271 Å². The molecule has 0 spiro atoms. The van der Waals surface area contributed by atoms with Crippen molar-refractivity contribution < 1.29 is 28.7 Å². The molecule has 10 aromatic rings. The zero-order chi connectivity index (χ0) is 60.4. The molecule has 16 rings (SSSR count). The van der Waals surface area contributed by atoms with Crippen molar-refractivity contribution in [1.82, 2.24) is 4.98 Å². The van der Waals surface area contributed by atoms with E-state index in [0.717, 1.165) is 64.3 Å². The van der Waals surface area contributed by atoms with Crippen LogP contribution in [0.5, 0.6) is 23.0 Å². The monoisotopic (exact) mass is 1160 g/mol. The van der Waals surface area contributed by atoms with Gasteiger partial charge in [-0.05, 0) is 166 Å². The lowest BCUT2D eigenvalue weighted by molar-refractivity contribution is 0.0876. The third kappa shape index (κ3) is 9.29. The van der Waals surface area contributed by atoms with Crippen LogP contribution in [0.25, 0.3) is 43.5 Å². The first-order valence-electron chi connectivity index (χ1n) is 29.9. The lowest BCUT2D eigenvalue weighted by atomic mass is 9.90. The van der Waals surface area contributed by atoms with Crippen molar-refractivity contribution in [1.29, 1.82) is 0 Å². The van der Waals surface area contributed by atoms with Crippen LogP contribution < -0.4 is 19.3 Å². The van der Waals surface area contributed by atoms with Crippen molar-refractivity contribution >= 4 is 78.5 Å². The number of benzene rings is 9. The molecule has 4 aliphatic carbocycles. The number of anilines is 2. The van der Waals surface area contributed by atoms with Gasteiger partial charge >= 0.3 is 0 Å². The van der Waals surface area contributed by atoms with E-state index in [1.165, 1.54) is 26.5 Å². The zero-order valence-electron chi connectivity index (χ0n) is 48.3. The van der Waals surface area contributed by atoms with Crippen LogP contribution in [-0.4, -0.2) is 28.6 Å². The van der Waals surface area contributed by atoms with Gasteiger partial charge < -0.3 is 9.47 Å². The Balaban J connectivity index is 0.770. The summed E-state index contributed by atoms with van der Waals surface area (Å²) in [6, 6.07) is 56.3. The van der Waals surface area contributed by atoms with E-state index in [1.807, 2.05) is 146 Å². The molecule has 0 bridgehead atoms. The maximum atomic E-state index is 15.1. The summed E-state index contributed by atoms with van der Waals surface area (Å²) in [5.74, 6) is 13.7. The summed E-state index contributed by atoms with van der Waals surface area (Å²) in [7, 11) is 0. The molecule has 424 valence electrons. The number of ether oxygens (including phenoxy) is 2. The van der Waals surface area contributed by atoms with Crippen LogP contribution in [-0.2, 0) is 0 Å². The van der Waals surface area contributed by atoms with E-state index < -0.39 is 23.6 Å². The van der Waals surface area contributed by atoms with E-state index in [9.17, 15) is 9.59 Å². The topological polar surface area (TPSA) is 106 Å². The number of amides is 4. The van der Waals surface area contributed by atoms with E-state index in [-0.39, 0.29) is 11.3 Å². The van der Waals surface area contributed by atoms with E-state index in [4.69, 9.17) is 9.47 Å². The standard InChI is InChI=1S/C81H49N3O6/c85-78-70-31-15-30-68-73(70)71(79(86)83(78)62-22-13-20-54(46-62)58-38-36-56(44-58)50-16-7-8-17-50)48-60(76(68)89-64-24-3-1-4-25-64)40-34-52-32-33-53(67-29-12-11-28-66(52)67)35-41-61-49-72-74-69(77(61)90-65-26-5-2-6-27-65)42-43-82-75(74)81(88)84(80(72)87)63-23-14-21-55(47-63)59-39-37-57(45-59)51-18-9-10-19-51/h1-7,9,11-33,36-38,42-43,45-49H,8,10,39,44H2. The maximum absolute atomic E-state index is 15.1. The summed E-state index contributed by atoms with van der Waals surface area (Å²) in [5.41, 5.74) is 13.1. The Morgan fingerprint density at radius 1 is 0.411 bits per heavy atom. The summed E-state index contributed by atoms with van der Waals surface area (Å²) < 4.78 is 13.4. The second kappa shape index (κ2) is 22.0. The smallest absolute Gasteiger partial charge is 0.284 e. The summed E-state index contributed by atoms with van der Waals surface area (Å²) in [6.07, 6.45) is 26.5. The van der Waals surface area contributed by atoms with E-state index >= 15 is 9.59 Å². The second-order valence-electron chi connectivity index (χ2n) is 22.6. The van der Waals surface area contributed by atoms with Crippen molar-refractivity contribution in [2.45, 2.75) is 25.7 Å². The first-order chi connectivity index (χ1) is 44.3. The molecule has 3 heterocycles. The van der Waals surface area contributed by atoms with Crippen molar-refractivity contribution in [3.8, 4) is 46.7 Å². The molecule has 0 saturated heterocycles. The van der Waals surface area contributed by atoms with E-state index in [1.54, 1.807) is 42.6 Å². The summed E-state index contributed by atoms with van der Waals surface area (Å²) >= 11 is 0. The van der Waals surface area contributed by atoms with Crippen LogP contribution in [0.2, 0.25) is 0 Å². The van der Waals surface area contributed by atoms with Gasteiger partial charge in [-0.3, -0.25) is 24.2 Å². The lowest BCUT2D eigenvalue weighted by Gasteiger charge is -2.28. The number of para-hydroxylation sites is 2. The van der Waals surface area contributed by atoms with Crippen molar-refractivity contribution in [3.63, 3.8) is 0 Å². The van der Waals surface area contributed by atoms with Gasteiger partial charge in [-0.2, -0.15) is 0 Å². The van der Waals surface area contributed by atoms with Gasteiger partial charge in [0, 0.05) is 44.4 Å². The van der Waals surface area contributed by atoms with Gasteiger partial charge in [0.05, 0.1) is 33.6 Å². The molecule has 0 unspecified atom stereocenters. The minimum Gasteiger partial charge on any atom is -0.455 e. The number of rotatable bonds is 10. The largest absolute Gasteiger partial charge is 0.455 e. The molecule has 0 fully saturated rings. The lowest BCUT2D eigenvalue weighted by Crippen LogP contribution is -2.41. The van der Waals surface area contributed by atoms with E-state index in [2.05, 4.69) is 89.4 Å². The minimum atomic E-state index is -0.535. The Kier molecular flexibility index (Phi) is 13.0. The number of nitrogens with zero attached hydrogens (tertiary/aromatic N) is 3. The molecule has 2 aliphatic heterocycles. The molecule has 1 aromatic heterocycles. The normalized spacial score (nSPS) is 15.3. The minimum absolute atomic E-state index is 0.132. The summed E-state index contributed by atoms with van der Waals surface area (Å²) in [6.45, 7) is 0. The average molecular weight is 1160 g/mol. The number of allylic oxidation sites excluding steroid dienone is 16. The zero-order valence-corrected chi connectivity index (χ0v) is 48.3. The van der Waals surface area contributed by atoms with Gasteiger partial charge in [-0.25, -0.2) is 9.80 Å². The number of imide groups is 2. The predicted molar refractivity (Wildman–Crippen MR) is 355 cm³/mol. The molecule has 0 saturated carbocycles. The number of hydrogen-bond acceptors (Lipinski definition) is 7. The first kappa shape index (κ1) is 53.3. The molecule has 0 atom stereocenters. The van der Waals surface area contributed by atoms with Gasteiger partial charge in [0.2, 0.25) is 0 Å². The number of carbonyl (C=O) groups is 4. The maximum Gasteiger partial charge on any atom is 0.284 e. The molecular weight excluding hydrogens is 1110 g/mol. The van der Waals surface area contributed by atoms with Crippen LogP contribution >= 0.6 is 0 Å². The van der Waals surface area contributed by atoms with Crippen LogP contribution in [0.4, 0.5) is 11.4 Å². The highest BCUT2D eigenvalue weighted by Crippen LogP contribution is 2.45. The Bertz CT molecular complexity index is 5280. The Labute approximate surface area is 518 Å². The Morgan fingerprint density at radius 3 is 1.56 bits per heavy atom. The van der Waals surface area contributed by atoms with E-state index in [0.29, 0.717) is 89.3 Å². The Hall–Kier alpha value is -12.2. The van der Waals surface area contributed by atoms with Crippen LogP contribution in [0.1, 0.15) is 101 Å². The third-order valence-electron chi connectivity index (χ3n) is 17.3. The van der Waals surface area contributed by atoms with Crippen LogP contribution in [0, 0.1) is 23.7 Å². The number of aromatic nitrogens is 1. The highest BCUT2D eigenvalue weighted by Gasteiger charge is 2.39. The molecule has 9 heteroatoms. The molecule has 4 amide bonds. The van der Waals surface area contributed by atoms with Crippen molar-refractivity contribution in [2.24, 2.45) is 0 Å². The number of fused-ring (bicyclic) bond motifs is 1.